The number of halogens is 1. The molecule has 144 valence electrons. The van der Waals surface area contributed by atoms with Gasteiger partial charge in [-0.1, -0.05) is 12.1 Å². The molecule has 1 aliphatic rings. The van der Waals surface area contributed by atoms with Crippen LogP contribution < -0.4 is 10.2 Å². The van der Waals surface area contributed by atoms with Crippen LogP contribution in [0.25, 0.3) is 0 Å². The van der Waals surface area contributed by atoms with Gasteiger partial charge in [0.15, 0.2) is 0 Å². The monoisotopic (exact) mass is 371 g/mol. The summed E-state index contributed by atoms with van der Waals surface area (Å²) in [6, 6.07) is 8.13. The average Bonchev–Trinajstić information content (AvgIpc) is 2.72. The highest BCUT2D eigenvalue weighted by Crippen LogP contribution is 2.09. The van der Waals surface area contributed by atoms with Crippen molar-refractivity contribution in [3.63, 3.8) is 0 Å². The molecule has 2 aromatic rings. The molecule has 0 radical (unpaired) electrons. The largest absolute Gasteiger partial charge is 0.356 e. The van der Waals surface area contributed by atoms with Crippen LogP contribution in [-0.2, 0) is 11.2 Å². The van der Waals surface area contributed by atoms with Crippen LogP contribution in [0.4, 0.5) is 10.3 Å². The number of benzene rings is 1. The van der Waals surface area contributed by atoms with E-state index in [4.69, 9.17) is 0 Å². The molecule has 27 heavy (non-hydrogen) atoms. The maximum Gasteiger partial charge on any atom is 0.225 e. The predicted molar refractivity (Wildman–Crippen MR) is 103 cm³/mol. The quantitative estimate of drug-likeness (QED) is 0.718. The van der Waals surface area contributed by atoms with E-state index in [0.717, 1.165) is 50.7 Å². The molecular weight excluding hydrogens is 345 g/mol. The Morgan fingerprint density at radius 2 is 1.78 bits per heavy atom. The first-order valence-electron chi connectivity index (χ1n) is 9.46. The second kappa shape index (κ2) is 9.97. The zero-order chi connectivity index (χ0) is 18.9. The molecule has 0 unspecified atom stereocenters. The van der Waals surface area contributed by atoms with E-state index in [1.54, 1.807) is 24.5 Å². The summed E-state index contributed by atoms with van der Waals surface area (Å²) in [4.78, 5) is 25.1. The number of hydrogen-bond donors (Lipinski definition) is 1. The van der Waals surface area contributed by atoms with Crippen molar-refractivity contribution in [2.75, 3.05) is 44.2 Å². The minimum atomic E-state index is -0.250. The zero-order valence-electron chi connectivity index (χ0n) is 15.5. The number of aryl methyl sites for hydroxylation is 1. The van der Waals surface area contributed by atoms with Gasteiger partial charge in [0, 0.05) is 51.5 Å². The van der Waals surface area contributed by atoms with Gasteiger partial charge < -0.3 is 10.2 Å². The van der Waals surface area contributed by atoms with Gasteiger partial charge in [0.05, 0.1) is 0 Å². The number of amides is 1. The third-order valence-electron chi connectivity index (χ3n) is 4.73. The second-order valence-electron chi connectivity index (χ2n) is 6.71. The van der Waals surface area contributed by atoms with Crippen molar-refractivity contribution >= 4 is 11.9 Å². The smallest absolute Gasteiger partial charge is 0.225 e. The first-order valence-corrected chi connectivity index (χ1v) is 9.46. The fourth-order valence-electron chi connectivity index (χ4n) is 3.15. The van der Waals surface area contributed by atoms with E-state index in [1.807, 2.05) is 6.07 Å². The number of piperazine rings is 1. The molecule has 1 aromatic carbocycles. The lowest BCUT2D eigenvalue weighted by molar-refractivity contribution is -0.121. The van der Waals surface area contributed by atoms with Crippen LogP contribution in [0.1, 0.15) is 18.4 Å². The van der Waals surface area contributed by atoms with Gasteiger partial charge in [-0.3, -0.25) is 9.69 Å². The molecule has 2 heterocycles. The van der Waals surface area contributed by atoms with Gasteiger partial charge in [0.1, 0.15) is 5.82 Å². The molecule has 1 aliphatic heterocycles. The fourth-order valence-corrected chi connectivity index (χ4v) is 3.15. The molecule has 1 fully saturated rings. The number of carbonyl (C=O) groups is 1. The Kier molecular flexibility index (Phi) is 7.10. The third-order valence-corrected chi connectivity index (χ3v) is 4.73. The summed E-state index contributed by atoms with van der Waals surface area (Å²) in [5, 5.41) is 2.97. The van der Waals surface area contributed by atoms with Gasteiger partial charge in [0.2, 0.25) is 11.9 Å². The van der Waals surface area contributed by atoms with Crippen molar-refractivity contribution in [2.24, 2.45) is 0 Å². The third kappa shape index (κ3) is 6.29. The van der Waals surface area contributed by atoms with Crippen LogP contribution in [0.3, 0.4) is 0 Å². The molecule has 0 spiro atoms. The lowest BCUT2D eigenvalue weighted by atomic mass is 10.1. The number of carbonyl (C=O) groups excluding carboxylic acids is 1. The van der Waals surface area contributed by atoms with Gasteiger partial charge in [-0.05, 0) is 43.1 Å². The minimum Gasteiger partial charge on any atom is -0.356 e. The van der Waals surface area contributed by atoms with Crippen LogP contribution in [0.5, 0.6) is 0 Å². The standard InChI is InChI=1S/C20H26FN5O/c21-18-6-3-17(4-7-18)5-8-19(27)22-11-2-12-25-13-15-26(16-14-25)20-23-9-1-10-24-20/h1,3-4,6-7,9-10H,2,5,8,11-16H2,(H,22,27). The maximum atomic E-state index is 12.9. The molecule has 7 heteroatoms. The van der Waals surface area contributed by atoms with E-state index < -0.39 is 0 Å². The first kappa shape index (κ1) is 19.2. The highest BCUT2D eigenvalue weighted by molar-refractivity contribution is 5.76. The number of aromatic nitrogens is 2. The van der Waals surface area contributed by atoms with Gasteiger partial charge in [-0.15, -0.1) is 0 Å². The summed E-state index contributed by atoms with van der Waals surface area (Å²) < 4.78 is 12.9. The normalized spacial score (nSPS) is 14.9. The zero-order valence-corrected chi connectivity index (χ0v) is 15.5. The van der Waals surface area contributed by atoms with Crippen molar-refractivity contribution in [3.8, 4) is 0 Å². The summed E-state index contributed by atoms with van der Waals surface area (Å²) >= 11 is 0. The summed E-state index contributed by atoms with van der Waals surface area (Å²) in [5.41, 5.74) is 0.979. The lowest BCUT2D eigenvalue weighted by Crippen LogP contribution is -2.47. The van der Waals surface area contributed by atoms with Crippen LogP contribution in [0.15, 0.2) is 42.7 Å². The number of hydrogen-bond acceptors (Lipinski definition) is 5. The van der Waals surface area contributed by atoms with Gasteiger partial charge >= 0.3 is 0 Å². The molecule has 0 bridgehead atoms. The molecular formula is C20H26FN5O. The highest BCUT2D eigenvalue weighted by atomic mass is 19.1. The molecule has 6 nitrogen and oxygen atoms in total. The lowest BCUT2D eigenvalue weighted by Gasteiger charge is -2.34. The Hall–Kier alpha value is -2.54. The number of anilines is 1. The van der Waals surface area contributed by atoms with E-state index in [2.05, 4.69) is 25.1 Å². The fraction of sp³-hybridized carbons (Fsp3) is 0.450. The Morgan fingerprint density at radius 3 is 2.48 bits per heavy atom. The van der Waals surface area contributed by atoms with Crippen molar-refractivity contribution in [2.45, 2.75) is 19.3 Å². The SMILES string of the molecule is O=C(CCc1ccc(F)cc1)NCCCN1CCN(c2ncccn2)CC1. The van der Waals surface area contributed by atoms with Crippen LogP contribution in [0.2, 0.25) is 0 Å². The highest BCUT2D eigenvalue weighted by Gasteiger charge is 2.18. The van der Waals surface area contributed by atoms with Gasteiger partial charge in [0.25, 0.3) is 0 Å². The van der Waals surface area contributed by atoms with Crippen LogP contribution in [0, 0.1) is 5.82 Å². The Bertz CT molecular complexity index is 702. The molecule has 1 saturated heterocycles. The Morgan fingerprint density at radius 1 is 1.07 bits per heavy atom. The molecule has 3 rings (SSSR count). The number of rotatable bonds is 8. The van der Waals surface area contributed by atoms with Gasteiger partial charge in [-0.2, -0.15) is 0 Å². The topological polar surface area (TPSA) is 61.4 Å². The van der Waals surface area contributed by atoms with E-state index in [9.17, 15) is 9.18 Å². The second-order valence-corrected chi connectivity index (χ2v) is 6.71. The van der Waals surface area contributed by atoms with Crippen LogP contribution in [-0.4, -0.2) is 60.0 Å². The van der Waals surface area contributed by atoms with Crippen molar-refractivity contribution < 1.29 is 9.18 Å². The molecule has 0 aliphatic carbocycles. The maximum absolute atomic E-state index is 12.9. The summed E-state index contributed by atoms with van der Waals surface area (Å²) in [6.07, 6.45) is 5.54. The van der Waals surface area contributed by atoms with Crippen molar-refractivity contribution in [1.82, 2.24) is 20.2 Å². The summed E-state index contributed by atoms with van der Waals surface area (Å²) in [6.45, 7) is 5.47. The minimum absolute atomic E-state index is 0.0466. The molecule has 1 amide bonds. The van der Waals surface area contributed by atoms with E-state index in [1.165, 1.54) is 12.1 Å². The van der Waals surface area contributed by atoms with Crippen molar-refractivity contribution in [3.05, 3.63) is 54.1 Å². The average molecular weight is 371 g/mol. The van der Waals surface area contributed by atoms with Crippen molar-refractivity contribution in [1.29, 1.82) is 0 Å². The molecule has 1 aromatic heterocycles. The summed E-state index contributed by atoms with van der Waals surface area (Å²) in [5.74, 6) is 0.594. The first-order chi connectivity index (χ1) is 13.2. The molecule has 0 atom stereocenters. The summed E-state index contributed by atoms with van der Waals surface area (Å²) in [7, 11) is 0. The number of nitrogens with zero attached hydrogens (tertiary/aromatic N) is 4. The van der Waals surface area contributed by atoms with E-state index in [-0.39, 0.29) is 11.7 Å². The molecule has 0 saturated carbocycles. The Labute approximate surface area is 159 Å². The van der Waals surface area contributed by atoms with Gasteiger partial charge in [-0.25, -0.2) is 14.4 Å². The van der Waals surface area contributed by atoms with E-state index in [0.29, 0.717) is 19.4 Å². The van der Waals surface area contributed by atoms with E-state index >= 15 is 0 Å². The predicted octanol–water partition coefficient (Wildman–Crippen LogP) is 1.88. The Balaban J connectivity index is 1.26. The number of nitrogens with one attached hydrogen (secondary N) is 1. The van der Waals surface area contributed by atoms with Crippen LogP contribution >= 0.6 is 0 Å². The molecule has 1 N–H and O–H groups in total.